The van der Waals surface area contributed by atoms with Crippen LogP contribution in [0, 0.1) is 0 Å². The van der Waals surface area contributed by atoms with E-state index in [-0.39, 0.29) is 17.6 Å². The second kappa shape index (κ2) is 5.31. The van der Waals surface area contributed by atoms with Gasteiger partial charge in [0.1, 0.15) is 11.9 Å². The summed E-state index contributed by atoms with van der Waals surface area (Å²) < 4.78 is 11.0. The van der Waals surface area contributed by atoms with E-state index < -0.39 is 0 Å². The van der Waals surface area contributed by atoms with Crippen LogP contribution in [0.15, 0.2) is 18.7 Å². The predicted molar refractivity (Wildman–Crippen MR) is 68.3 cm³/mol. The zero-order chi connectivity index (χ0) is 13.1. The van der Waals surface area contributed by atoms with E-state index >= 15 is 0 Å². The van der Waals surface area contributed by atoms with Crippen molar-refractivity contribution in [1.29, 1.82) is 0 Å². The summed E-state index contributed by atoms with van der Waals surface area (Å²) >= 11 is 0. The average molecular weight is 250 g/mol. The highest BCUT2D eigenvalue weighted by Gasteiger charge is 2.29. The molecule has 1 heterocycles. The minimum atomic E-state index is -0.101. The molecular formula is C14H18O4. The van der Waals surface area contributed by atoms with Gasteiger partial charge >= 0.3 is 0 Å². The Bertz CT molecular complexity index is 454. The van der Waals surface area contributed by atoms with Crippen LogP contribution in [0.4, 0.5) is 0 Å². The van der Waals surface area contributed by atoms with E-state index in [0.29, 0.717) is 31.8 Å². The molecule has 0 aromatic heterocycles. The Labute approximate surface area is 106 Å². The number of ether oxygens (including phenoxy) is 2. The third-order valence-electron chi connectivity index (χ3n) is 3.03. The zero-order valence-electron chi connectivity index (χ0n) is 10.5. The first-order valence-electron chi connectivity index (χ1n) is 6.09. The van der Waals surface area contributed by atoms with Crippen molar-refractivity contribution in [1.82, 2.24) is 0 Å². The number of benzene rings is 1. The first kappa shape index (κ1) is 12.8. The number of phenolic OH excluding ortho intramolecular Hbond substituents is 2. The van der Waals surface area contributed by atoms with Crippen LogP contribution in [0.2, 0.25) is 0 Å². The average Bonchev–Trinajstić information content (AvgIpc) is 2.76. The van der Waals surface area contributed by atoms with E-state index in [1.165, 1.54) is 6.07 Å². The Morgan fingerprint density at radius 1 is 1.50 bits per heavy atom. The minimum Gasteiger partial charge on any atom is -0.508 e. The van der Waals surface area contributed by atoms with Gasteiger partial charge in [0, 0.05) is 30.2 Å². The summed E-state index contributed by atoms with van der Waals surface area (Å²) in [6.07, 6.45) is 2.82. The largest absolute Gasteiger partial charge is 0.508 e. The van der Waals surface area contributed by atoms with Gasteiger partial charge in [0.2, 0.25) is 0 Å². The number of hydrogen-bond acceptors (Lipinski definition) is 4. The molecule has 1 unspecified atom stereocenters. The normalized spacial score (nSPS) is 17.3. The van der Waals surface area contributed by atoms with Gasteiger partial charge in [0.25, 0.3) is 0 Å². The molecule has 1 aromatic rings. The maximum atomic E-state index is 9.85. The molecule has 2 N–H and O–H groups in total. The van der Waals surface area contributed by atoms with Crippen LogP contribution in [-0.2, 0) is 17.6 Å². The molecule has 4 heteroatoms. The van der Waals surface area contributed by atoms with E-state index in [9.17, 15) is 10.2 Å². The molecule has 0 spiro atoms. The summed E-state index contributed by atoms with van der Waals surface area (Å²) in [5.41, 5.74) is 1.63. The molecule has 2 rings (SSSR count). The monoisotopic (exact) mass is 250 g/mol. The molecule has 1 aromatic carbocycles. The molecule has 1 aliphatic rings. The lowest BCUT2D eigenvalue weighted by atomic mass is 9.99. The van der Waals surface area contributed by atoms with Crippen LogP contribution < -0.4 is 4.74 Å². The fraction of sp³-hybridized carbons (Fsp3) is 0.429. The number of fused-ring (bicyclic) bond motifs is 1. The molecule has 4 nitrogen and oxygen atoms in total. The molecular weight excluding hydrogens is 232 g/mol. The van der Waals surface area contributed by atoms with Gasteiger partial charge in [-0.2, -0.15) is 0 Å². The third-order valence-corrected chi connectivity index (χ3v) is 3.03. The fourth-order valence-electron chi connectivity index (χ4n) is 2.23. The molecule has 98 valence electrons. The van der Waals surface area contributed by atoms with Crippen molar-refractivity contribution in [3.05, 3.63) is 29.8 Å². The first-order chi connectivity index (χ1) is 8.67. The minimum absolute atomic E-state index is 0.0192. The summed E-state index contributed by atoms with van der Waals surface area (Å²) in [5.74, 6) is 0.537. The highest BCUT2D eigenvalue weighted by Crippen LogP contribution is 2.43. The summed E-state index contributed by atoms with van der Waals surface area (Å²) in [6.45, 7) is 6.72. The number of rotatable bonds is 5. The molecule has 1 atom stereocenters. The Morgan fingerprint density at radius 2 is 2.28 bits per heavy atom. The first-order valence-corrected chi connectivity index (χ1v) is 6.09. The molecule has 0 saturated heterocycles. The smallest absolute Gasteiger partial charge is 0.165 e. The van der Waals surface area contributed by atoms with Crippen LogP contribution in [0.3, 0.4) is 0 Å². The highest BCUT2D eigenvalue weighted by molar-refractivity contribution is 5.58. The predicted octanol–water partition coefficient (Wildman–Crippen LogP) is 2.17. The zero-order valence-corrected chi connectivity index (χ0v) is 10.5. The van der Waals surface area contributed by atoms with E-state index in [2.05, 4.69) is 6.58 Å². The van der Waals surface area contributed by atoms with E-state index in [1.54, 1.807) is 6.08 Å². The maximum absolute atomic E-state index is 9.85. The number of hydrogen-bond donors (Lipinski definition) is 2. The number of phenols is 2. The van der Waals surface area contributed by atoms with E-state index in [1.807, 2.05) is 6.92 Å². The molecule has 0 amide bonds. The Balaban J connectivity index is 2.29. The lowest BCUT2D eigenvalue weighted by Crippen LogP contribution is -2.20. The topological polar surface area (TPSA) is 58.9 Å². The summed E-state index contributed by atoms with van der Waals surface area (Å²) in [7, 11) is 0. The van der Waals surface area contributed by atoms with Crippen molar-refractivity contribution in [3.8, 4) is 17.2 Å². The summed E-state index contributed by atoms with van der Waals surface area (Å²) in [5, 5.41) is 19.7. The molecule has 18 heavy (non-hydrogen) atoms. The molecule has 0 bridgehead atoms. The van der Waals surface area contributed by atoms with Gasteiger partial charge in [-0.15, -0.1) is 6.58 Å². The molecule has 0 saturated carbocycles. The lowest BCUT2D eigenvalue weighted by molar-refractivity contribution is 0.0668. The highest BCUT2D eigenvalue weighted by atomic mass is 16.5. The lowest BCUT2D eigenvalue weighted by Gasteiger charge is -2.10. The number of aromatic hydroxyl groups is 2. The van der Waals surface area contributed by atoms with Gasteiger partial charge in [0.15, 0.2) is 11.5 Å². The number of allylic oxidation sites excluding steroid dienone is 1. The quantitative estimate of drug-likeness (QED) is 0.786. The van der Waals surface area contributed by atoms with Gasteiger partial charge in [-0.05, 0) is 13.3 Å². The van der Waals surface area contributed by atoms with Crippen LogP contribution in [-0.4, -0.2) is 29.5 Å². The Morgan fingerprint density at radius 3 is 2.94 bits per heavy atom. The van der Waals surface area contributed by atoms with Crippen molar-refractivity contribution in [3.63, 3.8) is 0 Å². The van der Waals surface area contributed by atoms with Crippen LogP contribution >= 0.6 is 0 Å². The van der Waals surface area contributed by atoms with Crippen LogP contribution in [0.5, 0.6) is 17.2 Å². The molecule has 0 radical (unpaired) electrons. The van der Waals surface area contributed by atoms with Gasteiger partial charge in [-0.3, -0.25) is 0 Å². The van der Waals surface area contributed by atoms with Gasteiger partial charge in [-0.25, -0.2) is 0 Å². The summed E-state index contributed by atoms with van der Waals surface area (Å²) in [6, 6.07) is 1.32. The Kier molecular flexibility index (Phi) is 3.77. The second-order valence-corrected chi connectivity index (χ2v) is 4.30. The third kappa shape index (κ3) is 2.29. The van der Waals surface area contributed by atoms with Crippen molar-refractivity contribution < 1.29 is 19.7 Å². The maximum Gasteiger partial charge on any atom is 0.165 e. The standard InChI is InChI=1S/C14H18O4/c1-3-5-10-11-6-9(8-17-4-2)18-14(11)13(16)7-12(10)15/h3,7,9,15-16H,1,4-6,8H2,2H3. The van der Waals surface area contributed by atoms with E-state index in [0.717, 1.165) is 11.1 Å². The van der Waals surface area contributed by atoms with Gasteiger partial charge in [-0.1, -0.05) is 6.08 Å². The van der Waals surface area contributed by atoms with Gasteiger partial charge < -0.3 is 19.7 Å². The van der Waals surface area contributed by atoms with E-state index in [4.69, 9.17) is 9.47 Å². The summed E-state index contributed by atoms with van der Waals surface area (Å²) in [4.78, 5) is 0. The molecule has 0 fully saturated rings. The Hall–Kier alpha value is -1.68. The molecule has 0 aliphatic carbocycles. The SMILES string of the molecule is C=CCc1c(O)cc(O)c2c1CC(COCC)O2. The van der Waals surface area contributed by atoms with Gasteiger partial charge in [0.05, 0.1) is 6.61 Å². The van der Waals surface area contributed by atoms with Crippen LogP contribution in [0.25, 0.3) is 0 Å². The van der Waals surface area contributed by atoms with Crippen molar-refractivity contribution in [2.45, 2.75) is 25.9 Å². The van der Waals surface area contributed by atoms with Crippen molar-refractivity contribution in [2.24, 2.45) is 0 Å². The van der Waals surface area contributed by atoms with Crippen LogP contribution in [0.1, 0.15) is 18.1 Å². The second-order valence-electron chi connectivity index (χ2n) is 4.30. The fourth-order valence-corrected chi connectivity index (χ4v) is 2.23. The van der Waals surface area contributed by atoms with Crippen molar-refractivity contribution in [2.75, 3.05) is 13.2 Å². The van der Waals surface area contributed by atoms with Crippen molar-refractivity contribution >= 4 is 0 Å². The molecule has 1 aliphatic heterocycles.